The summed E-state index contributed by atoms with van der Waals surface area (Å²) in [4.78, 5) is 23.4. The molecule has 1 fully saturated rings. The molecule has 23 heavy (non-hydrogen) atoms. The standard InChI is InChI=1S/C11H20N2O10/c1-7(16,17)10(21,6(12)15)13-4-9(20,3-5(13)14)11(22,23)8(2,18)19/h16-23H,3-4H2,1-2H3,(H2,12,15). The van der Waals surface area contributed by atoms with E-state index >= 15 is 0 Å². The van der Waals surface area contributed by atoms with Crippen LogP contribution in [0.1, 0.15) is 20.3 Å². The van der Waals surface area contributed by atoms with Crippen molar-refractivity contribution in [2.45, 2.75) is 49.0 Å². The molecule has 2 unspecified atom stereocenters. The van der Waals surface area contributed by atoms with Crippen LogP contribution in [0.25, 0.3) is 0 Å². The van der Waals surface area contributed by atoms with Crippen LogP contribution in [0.5, 0.6) is 0 Å². The number of nitrogens with zero attached hydrogens (tertiary/aromatic N) is 1. The minimum atomic E-state index is -3.68. The van der Waals surface area contributed by atoms with E-state index in [1.165, 1.54) is 0 Å². The second kappa shape index (κ2) is 5.06. The number of carbonyl (C=O) groups excluding carboxylic acids is 2. The van der Waals surface area contributed by atoms with Gasteiger partial charge in [-0.25, -0.2) is 0 Å². The zero-order valence-corrected chi connectivity index (χ0v) is 12.3. The topological polar surface area (TPSA) is 225 Å². The molecule has 1 aliphatic rings. The van der Waals surface area contributed by atoms with Crippen LogP contribution in [-0.2, 0) is 9.59 Å². The number of likely N-dealkylation sites (tertiary alicyclic amines) is 1. The van der Waals surface area contributed by atoms with E-state index in [0.29, 0.717) is 13.8 Å². The van der Waals surface area contributed by atoms with E-state index in [-0.39, 0.29) is 4.90 Å². The Hall–Kier alpha value is -1.38. The molecule has 2 amide bonds. The molecule has 0 spiro atoms. The van der Waals surface area contributed by atoms with Gasteiger partial charge in [0.05, 0.1) is 13.0 Å². The highest BCUT2D eigenvalue weighted by Crippen LogP contribution is 2.40. The lowest BCUT2D eigenvalue weighted by atomic mass is 9.86. The lowest BCUT2D eigenvalue weighted by Crippen LogP contribution is -2.72. The fourth-order valence-electron chi connectivity index (χ4n) is 2.34. The van der Waals surface area contributed by atoms with Crippen LogP contribution in [0, 0.1) is 0 Å². The number of primary amides is 1. The second-order valence-corrected chi connectivity index (χ2v) is 5.94. The van der Waals surface area contributed by atoms with Gasteiger partial charge in [0.1, 0.15) is 5.60 Å². The van der Waals surface area contributed by atoms with E-state index in [9.17, 15) is 50.4 Å². The third kappa shape index (κ3) is 2.68. The molecule has 0 aromatic carbocycles. The maximum atomic E-state index is 12.0. The van der Waals surface area contributed by atoms with Crippen LogP contribution < -0.4 is 5.73 Å². The first-order chi connectivity index (χ1) is 9.92. The van der Waals surface area contributed by atoms with Gasteiger partial charge in [0, 0.05) is 0 Å². The molecular weight excluding hydrogens is 320 g/mol. The lowest BCUT2D eigenvalue weighted by Gasteiger charge is -2.44. The van der Waals surface area contributed by atoms with Crippen LogP contribution in [0.15, 0.2) is 0 Å². The van der Waals surface area contributed by atoms with Gasteiger partial charge in [0.2, 0.25) is 23.3 Å². The van der Waals surface area contributed by atoms with Crippen LogP contribution in [0.4, 0.5) is 0 Å². The van der Waals surface area contributed by atoms with Gasteiger partial charge in [-0.15, -0.1) is 0 Å². The van der Waals surface area contributed by atoms with Crippen LogP contribution in [0.2, 0.25) is 0 Å². The molecular formula is C11H20N2O10. The SMILES string of the molecule is CC(O)(O)C(O)(C(N)=O)N1CC(O)(C(O)(O)C(C)(O)O)CC1=O. The van der Waals surface area contributed by atoms with Gasteiger partial charge < -0.3 is 46.6 Å². The molecule has 1 heterocycles. The number of carbonyl (C=O) groups is 2. The molecule has 0 radical (unpaired) electrons. The summed E-state index contributed by atoms with van der Waals surface area (Å²) in [6, 6.07) is 0. The molecule has 1 aliphatic heterocycles. The van der Waals surface area contributed by atoms with Crippen molar-refractivity contribution in [3.8, 4) is 0 Å². The van der Waals surface area contributed by atoms with Gasteiger partial charge in [0.15, 0.2) is 0 Å². The minimum absolute atomic E-state index is 0.00225. The third-order valence-electron chi connectivity index (χ3n) is 3.87. The summed E-state index contributed by atoms with van der Waals surface area (Å²) >= 11 is 0. The normalized spacial score (nSPS) is 26.3. The van der Waals surface area contributed by atoms with Gasteiger partial charge in [-0.2, -0.15) is 0 Å². The fraction of sp³-hybridized carbons (Fsp3) is 0.818. The van der Waals surface area contributed by atoms with Crippen molar-refractivity contribution < 1.29 is 50.4 Å². The fourth-order valence-corrected chi connectivity index (χ4v) is 2.34. The van der Waals surface area contributed by atoms with Crippen LogP contribution in [-0.4, -0.2) is 92.8 Å². The first-order valence-corrected chi connectivity index (χ1v) is 6.31. The first kappa shape index (κ1) is 19.7. The summed E-state index contributed by atoms with van der Waals surface area (Å²) in [7, 11) is 0. The zero-order valence-electron chi connectivity index (χ0n) is 12.3. The van der Waals surface area contributed by atoms with E-state index in [1.807, 2.05) is 0 Å². The minimum Gasteiger partial charge on any atom is -0.382 e. The molecule has 0 aromatic heterocycles. The molecule has 134 valence electrons. The second-order valence-electron chi connectivity index (χ2n) is 5.94. The summed E-state index contributed by atoms with van der Waals surface area (Å²) in [6.07, 6.45) is -1.19. The predicted octanol–water partition coefficient (Wildman–Crippen LogP) is -5.79. The number of aliphatic hydroxyl groups is 8. The summed E-state index contributed by atoms with van der Waals surface area (Å²) < 4.78 is 0. The Balaban J connectivity index is 3.37. The number of amides is 2. The maximum absolute atomic E-state index is 12.0. The van der Waals surface area contributed by atoms with E-state index in [4.69, 9.17) is 5.73 Å². The summed E-state index contributed by atoms with van der Waals surface area (Å²) in [5.41, 5.74) is -1.53. The summed E-state index contributed by atoms with van der Waals surface area (Å²) in [5, 5.41) is 77.5. The average Bonchev–Trinajstić information content (AvgIpc) is 2.62. The van der Waals surface area contributed by atoms with Crippen molar-refractivity contribution in [1.29, 1.82) is 0 Å². The molecule has 0 bridgehead atoms. The maximum Gasteiger partial charge on any atom is 0.276 e. The van der Waals surface area contributed by atoms with Crippen LogP contribution in [0.3, 0.4) is 0 Å². The number of hydrogen-bond acceptors (Lipinski definition) is 10. The quantitative estimate of drug-likeness (QED) is 0.215. The molecule has 0 aromatic rings. The van der Waals surface area contributed by atoms with E-state index in [1.54, 1.807) is 0 Å². The van der Waals surface area contributed by atoms with Crippen molar-refractivity contribution in [3.05, 3.63) is 0 Å². The molecule has 0 saturated carbocycles. The predicted molar refractivity (Wildman–Crippen MR) is 68.3 cm³/mol. The Labute approximate surface area is 129 Å². The molecule has 2 atom stereocenters. The molecule has 12 heteroatoms. The van der Waals surface area contributed by atoms with Crippen LogP contribution >= 0.6 is 0 Å². The highest BCUT2D eigenvalue weighted by Gasteiger charge is 2.68. The Bertz CT molecular complexity index is 522. The van der Waals surface area contributed by atoms with Crippen molar-refractivity contribution >= 4 is 11.8 Å². The van der Waals surface area contributed by atoms with E-state index < -0.39 is 53.5 Å². The van der Waals surface area contributed by atoms with Crippen molar-refractivity contribution in [2.75, 3.05) is 6.54 Å². The Kier molecular flexibility index (Phi) is 4.32. The molecule has 12 nitrogen and oxygen atoms in total. The number of hydrogen-bond donors (Lipinski definition) is 9. The van der Waals surface area contributed by atoms with Crippen molar-refractivity contribution in [1.82, 2.24) is 4.90 Å². The monoisotopic (exact) mass is 340 g/mol. The average molecular weight is 340 g/mol. The molecule has 10 N–H and O–H groups in total. The Morgan fingerprint density at radius 2 is 1.52 bits per heavy atom. The number of nitrogens with two attached hydrogens (primary N) is 1. The first-order valence-electron chi connectivity index (χ1n) is 6.31. The van der Waals surface area contributed by atoms with E-state index in [2.05, 4.69) is 0 Å². The molecule has 1 saturated heterocycles. The van der Waals surface area contributed by atoms with Crippen molar-refractivity contribution in [2.24, 2.45) is 5.73 Å². The summed E-state index contributed by atoms with van der Waals surface area (Å²) in [5.74, 6) is -13.4. The van der Waals surface area contributed by atoms with Gasteiger partial charge in [-0.3, -0.25) is 14.5 Å². The zero-order chi connectivity index (χ0) is 18.6. The smallest absolute Gasteiger partial charge is 0.276 e. The van der Waals surface area contributed by atoms with E-state index in [0.717, 1.165) is 0 Å². The third-order valence-corrected chi connectivity index (χ3v) is 3.87. The summed E-state index contributed by atoms with van der Waals surface area (Å²) in [6.45, 7) is -0.248. The number of β-amino-alcohol motifs (C(OH)–C–C–N with tert-alkyl or cyclic N) is 1. The molecule has 1 rings (SSSR count). The van der Waals surface area contributed by atoms with Gasteiger partial charge >= 0.3 is 0 Å². The lowest BCUT2D eigenvalue weighted by molar-refractivity contribution is -0.401. The number of rotatable bonds is 5. The Morgan fingerprint density at radius 1 is 1.09 bits per heavy atom. The van der Waals surface area contributed by atoms with Gasteiger partial charge in [0.25, 0.3) is 11.6 Å². The largest absolute Gasteiger partial charge is 0.382 e. The van der Waals surface area contributed by atoms with Gasteiger partial charge in [-0.1, -0.05) is 0 Å². The highest BCUT2D eigenvalue weighted by molar-refractivity contribution is 5.91. The molecule has 0 aliphatic carbocycles. The highest BCUT2D eigenvalue weighted by atomic mass is 16.6. The Morgan fingerprint density at radius 3 is 1.83 bits per heavy atom. The van der Waals surface area contributed by atoms with Gasteiger partial charge in [-0.05, 0) is 13.8 Å². The van der Waals surface area contributed by atoms with Crippen molar-refractivity contribution in [3.63, 3.8) is 0 Å².